The number of nitrogens with one attached hydrogen (secondary N) is 1. The van der Waals surface area contributed by atoms with Gasteiger partial charge in [0.2, 0.25) is 5.91 Å². The fourth-order valence-electron chi connectivity index (χ4n) is 3.02. The molecule has 0 aliphatic rings. The number of carbonyl (C=O) groups is 1. The van der Waals surface area contributed by atoms with E-state index in [0.717, 1.165) is 37.6 Å². The predicted octanol–water partition coefficient (Wildman–Crippen LogP) is 4.90. The molecule has 0 radical (unpaired) electrons. The molecule has 0 atom stereocenters. The Morgan fingerprint density at radius 1 is 1.28 bits per heavy atom. The van der Waals surface area contributed by atoms with E-state index in [0.29, 0.717) is 25.8 Å². The molecule has 150 valence electrons. The Kier molecular flexibility index (Phi) is 7.07. The van der Waals surface area contributed by atoms with Crippen molar-refractivity contribution in [3.8, 4) is 6.07 Å². The maximum absolute atomic E-state index is 12.4. The van der Waals surface area contributed by atoms with E-state index >= 15 is 0 Å². The molecule has 0 unspecified atom stereocenters. The Morgan fingerprint density at radius 3 is 2.69 bits per heavy atom. The van der Waals surface area contributed by atoms with Gasteiger partial charge >= 0.3 is 0 Å². The van der Waals surface area contributed by atoms with Gasteiger partial charge in [-0.1, -0.05) is 11.8 Å². The third-order valence-corrected chi connectivity index (χ3v) is 6.57. The molecule has 0 fully saturated rings. The zero-order valence-electron chi connectivity index (χ0n) is 16.7. The van der Waals surface area contributed by atoms with Crippen LogP contribution in [0.3, 0.4) is 0 Å². The summed E-state index contributed by atoms with van der Waals surface area (Å²) in [6.45, 7) is 6.51. The van der Waals surface area contributed by atoms with Gasteiger partial charge in [0.25, 0.3) is 0 Å². The minimum absolute atomic E-state index is 0.0236. The fraction of sp³-hybridized carbons (Fsp3) is 0.333. The predicted molar refractivity (Wildman–Crippen MR) is 116 cm³/mol. The number of hydrogen-bond acceptors (Lipinski definition) is 6. The number of thiazole rings is 1. The lowest BCUT2D eigenvalue weighted by Crippen LogP contribution is -2.12. The summed E-state index contributed by atoms with van der Waals surface area (Å²) < 4.78 is 2.87. The third-order valence-electron chi connectivity index (χ3n) is 4.51. The van der Waals surface area contributed by atoms with Crippen LogP contribution >= 0.6 is 23.1 Å². The van der Waals surface area contributed by atoms with E-state index in [-0.39, 0.29) is 5.91 Å². The summed E-state index contributed by atoms with van der Waals surface area (Å²) in [6.07, 6.45) is 1.45. The van der Waals surface area contributed by atoms with E-state index in [2.05, 4.69) is 21.5 Å². The lowest BCUT2D eigenvalue weighted by Gasteiger charge is -2.07. The van der Waals surface area contributed by atoms with Gasteiger partial charge in [-0.15, -0.1) is 11.3 Å². The van der Waals surface area contributed by atoms with Gasteiger partial charge < -0.3 is 5.32 Å². The highest BCUT2D eigenvalue weighted by molar-refractivity contribution is 8.01. The van der Waals surface area contributed by atoms with Crippen LogP contribution in [0, 0.1) is 32.1 Å². The number of amides is 1. The summed E-state index contributed by atoms with van der Waals surface area (Å²) in [5, 5.41) is 18.2. The Morgan fingerprint density at radius 2 is 2.03 bits per heavy atom. The summed E-state index contributed by atoms with van der Waals surface area (Å²) in [5.41, 5.74) is 4.86. The average Bonchev–Trinajstić information content (AvgIpc) is 3.22. The molecule has 3 rings (SSSR count). The van der Waals surface area contributed by atoms with E-state index in [9.17, 15) is 4.79 Å². The zero-order valence-corrected chi connectivity index (χ0v) is 18.4. The van der Waals surface area contributed by atoms with Crippen molar-refractivity contribution in [1.82, 2.24) is 14.8 Å². The molecule has 1 N–H and O–H groups in total. The second kappa shape index (κ2) is 9.72. The van der Waals surface area contributed by atoms with Gasteiger partial charge in [-0.3, -0.25) is 9.48 Å². The fourth-order valence-corrected chi connectivity index (χ4v) is 4.83. The standard InChI is InChI=1S/C21H23N5OS2/c1-14-13-28-21(23-14)29-18-7-5-17(6-8-18)24-20(27)10-9-19-15(2)25-26(16(19)3)12-4-11-22/h5-8,13H,4,9-10,12H2,1-3H3,(H,24,27). The number of carbonyl (C=O) groups excluding carboxylic acids is 1. The van der Waals surface area contributed by atoms with Crippen molar-refractivity contribution in [3.63, 3.8) is 0 Å². The second-order valence-electron chi connectivity index (χ2n) is 6.71. The van der Waals surface area contributed by atoms with E-state index in [1.54, 1.807) is 23.1 Å². The molecular formula is C21H23N5OS2. The first-order valence-corrected chi connectivity index (χ1v) is 11.1. The quantitative estimate of drug-likeness (QED) is 0.555. The molecule has 0 aliphatic heterocycles. The highest BCUT2D eigenvalue weighted by atomic mass is 32.2. The molecule has 0 spiro atoms. The van der Waals surface area contributed by atoms with Gasteiger partial charge in [0, 0.05) is 33.8 Å². The van der Waals surface area contributed by atoms with E-state index in [1.807, 2.05) is 55.1 Å². The van der Waals surface area contributed by atoms with Crippen LogP contribution in [0.15, 0.2) is 38.9 Å². The highest BCUT2D eigenvalue weighted by Gasteiger charge is 2.13. The zero-order chi connectivity index (χ0) is 20.8. The molecule has 0 saturated carbocycles. The lowest BCUT2D eigenvalue weighted by molar-refractivity contribution is -0.116. The van der Waals surface area contributed by atoms with Gasteiger partial charge in [0.15, 0.2) is 4.34 Å². The molecule has 1 aromatic carbocycles. The number of benzene rings is 1. The molecule has 2 heterocycles. The van der Waals surface area contributed by atoms with Crippen LogP contribution in [0.2, 0.25) is 0 Å². The van der Waals surface area contributed by atoms with Crippen LogP contribution in [0.1, 0.15) is 35.5 Å². The minimum Gasteiger partial charge on any atom is -0.326 e. The van der Waals surface area contributed by atoms with Crippen LogP contribution in [0.5, 0.6) is 0 Å². The highest BCUT2D eigenvalue weighted by Crippen LogP contribution is 2.30. The van der Waals surface area contributed by atoms with Gasteiger partial charge in [0.05, 0.1) is 24.7 Å². The maximum atomic E-state index is 12.4. The van der Waals surface area contributed by atoms with Crippen molar-refractivity contribution in [2.45, 2.75) is 55.8 Å². The number of nitrogens with zero attached hydrogens (tertiary/aromatic N) is 4. The Bertz CT molecular complexity index is 1030. The van der Waals surface area contributed by atoms with E-state index in [1.165, 1.54) is 0 Å². The molecule has 1 amide bonds. The maximum Gasteiger partial charge on any atom is 0.224 e. The van der Waals surface area contributed by atoms with Crippen LogP contribution < -0.4 is 5.32 Å². The largest absolute Gasteiger partial charge is 0.326 e. The van der Waals surface area contributed by atoms with Crippen molar-refractivity contribution in [2.75, 3.05) is 5.32 Å². The van der Waals surface area contributed by atoms with Crippen LogP contribution in [0.4, 0.5) is 5.69 Å². The summed E-state index contributed by atoms with van der Waals surface area (Å²) in [7, 11) is 0. The summed E-state index contributed by atoms with van der Waals surface area (Å²) in [4.78, 5) is 17.9. The van der Waals surface area contributed by atoms with Gasteiger partial charge in [0.1, 0.15) is 0 Å². The molecule has 2 aromatic heterocycles. The summed E-state index contributed by atoms with van der Waals surface area (Å²) >= 11 is 3.25. The molecule has 29 heavy (non-hydrogen) atoms. The third kappa shape index (κ3) is 5.68. The number of aromatic nitrogens is 3. The van der Waals surface area contributed by atoms with Crippen molar-refractivity contribution in [2.24, 2.45) is 0 Å². The summed E-state index contributed by atoms with van der Waals surface area (Å²) in [5.74, 6) is -0.0236. The van der Waals surface area contributed by atoms with Gasteiger partial charge in [-0.2, -0.15) is 10.4 Å². The normalized spacial score (nSPS) is 10.7. The number of hydrogen-bond donors (Lipinski definition) is 1. The smallest absolute Gasteiger partial charge is 0.224 e. The molecule has 3 aromatic rings. The van der Waals surface area contributed by atoms with Crippen molar-refractivity contribution >= 4 is 34.7 Å². The Labute approximate surface area is 179 Å². The van der Waals surface area contributed by atoms with E-state index in [4.69, 9.17) is 5.26 Å². The van der Waals surface area contributed by atoms with Crippen LogP contribution in [-0.4, -0.2) is 20.7 Å². The first-order valence-electron chi connectivity index (χ1n) is 9.36. The molecule has 8 heteroatoms. The summed E-state index contributed by atoms with van der Waals surface area (Å²) in [6, 6.07) is 9.95. The molecule has 0 aliphatic carbocycles. The number of aryl methyl sites for hydroxylation is 3. The topological polar surface area (TPSA) is 83.6 Å². The molecule has 0 saturated heterocycles. The molecular weight excluding hydrogens is 402 g/mol. The lowest BCUT2D eigenvalue weighted by atomic mass is 10.1. The monoisotopic (exact) mass is 425 g/mol. The number of nitriles is 1. The van der Waals surface area contributed by atoms with Crippen molar-refractivity contribution in [3.05, 3.63) is 52.3 Å². The van der Waals surface area contributed by atoms with Gasteiger partial charge in [-0.25, -0.2) is 4.98 Å². The minimum atomic E-state index is -0.0236. The second-order valence-corrected chi connectivity index (χ2v) is 8.89. The first-order chi connectivity index (χ1) is 14.0. The first kappa shape index (κ1) is 21.1. The van der Waals surface area contributed by atoms with Crippen molar-refractivity contribution < 1.29 is 4.79 Å². The van der Waals surface area contributed by atoms with E-state index < -0.39 is 0 Å². The van der Waals surface area contributed by atoms with Crippen LogP contribution in [0.25, 0.3) is 0 Å². The SMILES string of the molecule is Cc1csc(Sc2ccc(NC(=O)CCc3c(C)nn(CCC#N)c3C)cc2)n1. The van der Waals surface area contributed by atoms with Gasteiger partial charge in [-0.05, 0) is 57.0 Å². The number of rotatable bonds is 8. The molecule has 6 nitrogen and oxygen atoms in total. The Balaban J connectivity index is 1.53. The average molecular weight is 426 g/mol. The molecule has 0 bridgehead atoms. The van der Waals surface area contributed by atoms with Crippen LogP contribution in [-0.2, 0) is 17.8 Å². The number of anilines is 1. The van der Waals surface area contributed by atoms with Crippen molar-refractivity contribution in [1.29, 1.82) is 5.26 Å². The Hall–Kier alpha value is -2.63.